The summed E-state index contributed by atoms with van der Waals surface area (Å²) >= 11 is 1.72. The van der Waals surface area contributed by atoms with Gasteiger partial charge in [0.15, 0.2) is 0 Å². The molecule has 2 heterocycles. The molecule has 0 unspecified atom stereocenters. The number of hydrogen-bond donors (Lipinski definition) is 2. The number of thiophene rings is 1. The predicted octanol–water partition coefficient (Wildman–Crippen LogP) is 7.04. The maximum Gasteiger partial charge on any atom is 0.335 e. The smallest absolute Gasteiger partial charge is 0.335 e. The minimum absolute atomic E-state index is 0.0699. The zero-order valence-electron chi connectivity index (χ0n) is 21.2. The molecule has 7 heteroatoms. The Bertz CT molecular complexity index is 1510. The molecule has 6 nitrogen and oxygen atoms in total. The lowest BCUT2D eigenvalue weighted by atomic mass is 9.95. The highest BCUT2D eigenvalue weighted by atomic mass is 32.1. The first-order valence-electron chi connectivity index (χ1n) is 12.4. The summed E-state index contributed by atoms with van der Waals surface area (Å²) in [7, 11) is 0. The van der Waals surface area contributed by atoms with E-state index in [0.717, 1.165) is 64.4 Å². The van der Waals surface area contributed by atoms with E-state index in [1.807, 2.05) is 45.0 Å². The Kier molecular flexibility index (Phi) is 6.80. The molecule has 1 aliphatic rings. The van der Waals surface area contributed by atoms with Crippen LogP contribution in [-0.2, 0) is 12.8 Å². The minimum Gasteiger partial charge on any atom is -0.478 e. The monoisotopic (exact) mass is 511 g/mol. The SMILES string of the molecule is Cc1ccc(NC(=O)c2c(-n3c(C)cc(C=Nc4ccc(C(=O)O)cc4)c3C)sc3c2CCCC3)cc1. The number of aromatic carboxylic acids is 1. The zero-order chi connectivity index (χ0) is 26.1. The fraction of sp³-hybridized carbons (Fsp3) is 0.233. The summed E-state index contributed by atoms with van der Waals surface area (Å²) in [5, 5.41) is 13.2. The van der Waals surface area contributed by atoms with Crippen molar-refractivity contribution in [2.75, 3.05) is 5.32 Å². The molecule has 0 saturated carbocycles. The molecule has 0 aliphatic heterocycles. The molecular weight excluding hydrogens is 482 g/mol. The number of carboxylic acid groups (broad SMARTS) is 1. The summed E-state index contributed by atoms with van der Waals surface area (Å²) in [6.45, 7) is 6.12. The Hall–Kier alpha value is -3.97. The van der Waals surface area contributed by atoms with Crippen molar-refractivity contribution < 1.29 is 14.7 Å². The second kappa shape index (κ2) is 10.2. The molecule has 2 aromatic carbocycles. The molecule has 0 radical (unpaired) electrons. The van der Waals surface area contributed by atoms with Gasteiger partial charge in [-0.25, -0.2) is 4.79 Å². The number of hydrogen-bond acceptors (Lipinski definition) is 4. The molecule has 5 rings (SSSR count). The number of aromatic nitrogens is 1. The third-order valence-electron chi connectivity index (χ3n) is 6.83. The van der Waals surface area contributed by atoms with Crippen molar-refractivity contribution in [1.82, 2.24) is 4.57 Å². The molecular formula is C30H29N3O3S. The van der Waals surface area contributed by atoms with Gasteiger partial charge in [-0.1, -0.05) is 17.7 Å². The Morgan fingerprint density at radius 3 is 2.41 bits per heavy atom. The lowest BCUT2D eigenvalue weighted by Crippen LogP contribution is -2.17. The van der Waals surface area contributed by atoms with Gasteiger partial charge in [-0.05, 0) is 94.5 Å². The van der Waals surface area contributed by atoms with Crippen molar-refractivity contribution in [2.45, 2.75) is 46.5 Å². The van der Waals surface area contributed by atoms with E-state index in [2.05, 4.69) is 20.9 Å². The molecule has 0 atom stereocenters. The van der Waals surface area contributed by atoms with E-state index in [0.29, 0.717) is 5.69 Å². The van der Waals surface area contributed by atoms with E-state index in [1.54, 1.807) is 41.8 Å². The summed E-state index contributed by atoms with van der Waals surface area (Å²) in [6.07, 6.45) is 5.96. The van der Waals surface area contributed by atoms with Crippen LogP contribution >= 0.6 is 11.3 Å². The lowest BCUT2D eigenvalue weighted by Gasteiger charge is -2.14. The highest BCUT2D eigenvalue weighted by Gasteiger charge is 2.28. The standard InChI is InChI=1S/C30H29N3O3S/c1-18-8-12-24(13-9-18)32-28(34)27-25-6-4-5-7-26(25)37-29(27)33-19(2)16-22(20(33)3)17-31-23-14-10-21(11-15-23)30(35)36/h8-17H,4-7H2,1-3H3,(H,32,34)(H,35,36). The third kappa shape index (κ3) is 5.00. The molecule has 2 N–H and O–H groups in total. The Labute approximate surface area is 220 Å². The van der Waals surface area contributed by atoms with Gasteiger partial charge in [-0.15, -0.1) is 11.3 Å². The zero-order valence-corrected chi connectivity index (χ0v) is 22.0. The second-order valence-electron chi connectivity index (χ2n) is 9.48. The van der Waals surface area contributed by atoms with Crippen LogP contribution in [0.1, 0.15) is 66.5 Å². The number of aryl methyl sites for hydroxylation is 3. The number of amides is 1. The molecule has 4 aromatic rings. The van der Waals surface area contributed by atoms with E-state index in [-0.39, 0.29) is 11.5 Å². The average molecular weight is 512 g/mol. The van der Waals surface area contributed by atoms with Gasteiger partial charge in [0.25, 0.3) is 5.91 Å². The van der Waals surface area contributed by atoms with Crippen LogP contribution in [0.4, 0.5) is 11.4 Å². The number of fused-ring (bicyclic) bond motifs is 1. The van der Waals surface area contributed by atoms with E-state index >= 15 is 0 Å². The van der Waals surface area contributed by atoms with Crippen LogP contribution in [-0.4, -0.2) is 27.8 Å². The van der Waals surface area contributed by atoms with E-state index < -0.39 is 5.97 Å². The summed E-state index contributed by atoms with van der Waals surface area (Å²) < 4.78 is 2.17. The summed E-state index contributed by atoms with van der Waals surface area (Å²) in [6, 6.07) is 16.4. The topological polar surface area (TPSA) is 83.7 Å². The van der Waals surface area contributed by atoms with Crippen LogP contribution in [0, 0.1) is 20.8 Å². The van der Waals surface area contributed by atoms with Gasteiger partial charge in [0.2, 0.25) is 0 Å². The van der Waals surface area contributed by atoms with Crippen molar-refractivity contribution in [3.8, 4) is 5.00 Å². The number of carbonyl (C=O) groups excluding carboxylic acids is 1. The van der Waals surface area contributed by atoms with Gasteiger partial charge in [-0.3, -0.25) is 9.79 Å². The number of nitrogens with zero attached hydrogens (tertiary/aromatic N) is 2. The van der Waals surface area contributed by atoms with E-state index in [4.69, 9.17) is 5.11 Å². The van der Waals surface area contributed by atoms with Crippen LogP contribution in [0.5, 0.6) is 0 Å². The van der Waals surface area contributed by atoms with E-state index in [9.17, 15) is 9.59 Å². The molecule has 0 bridgehead atoms. The van der Waals surface area contributed by atoms with Gasteiger partial charge in [0, 0.05) is 33.7 Å². The molecule has 1 aliphatic carbocycles. The van der Waals surface area contributed by atoms with Crippen LogP contribution in [0.2, 0.25) is 0 Å². The molecule has 0 saturated heterocycles. The van der Waals surface area contributed by atoms with Crippen LogP contribution < -0.4 is 5.32 Å². The summed E-state index contributed by atoms with van der Waals surface area (Å²) in [5.41, 5.74) is 7.80. The number of rotatable bonds is 6. The maximum atomic E-state index is 13.7. The largest absolute Gasteiger partial charge is 0.478 e. The highest BCUT2D eigenvalue weighted by Crippen LogP contribution is 2.39. The number of nitrogens with one attached hydrogen (secondary N) is 1. The Morgan fingerprint density at radius 1 is 1.00 bits per heavy atom. The van der Waals surface area contributed by atoms with Gasteiger partial charge >= 0.3 is 5.97 Å². The van der Waals surface area contributed by atoms with Crippen molar-refractivity contribution >= 4 is 40.8 Å². The molecule has 2 aromatic heterocycles. The molecule has 0 fully saturated rings. The van der Waals surface area contributed by atoms with Gasteiger partial charge in [0.05, 0.1) is 16.8 Å². The van der Waals surface area contributed by atoms with Gasteiger partial charge in [0.1, 0.15) is 5.00 Å². The van der Waals surface area contributed by atoms with Gasteiger partial charge in [-0.2, -0.15) is 0 Å². The van der Waals surface area contributed by atoms with Crippen molar-refractivity contribution in [3.63, 3.8) is 0 Å². The number of carbonyl (C=O) groups is 2. The highest BCUT2D eigenvalue weighted by molar-refractivity contribution is 7.15. The summed E-state index contributed by atoms with van der Waals surface area (Å²) in [5.74, 6) is -1.03. The summed E-state index contributed by atoms with van der Waals surface area (Å²) in [4.78, 5) is 30.6. The first-order chi connectivity index (χ1) is 17.8. The first-order valence-corrected chi connectivity index (χ1v) is 13.2. The number of carboxylic acids is 1. The average Bonchev–Trinajstić information content (AvgIpc) is 3.40. The van der Waals surface area contributed by atoms with Crippen molar-refractivity contribution in [2.24, 2.45) is 4.99 Å². The predicted molar refractivity (Wildman–Crippen MR) is 150 cm³/mol. The van der Waals surface area contributed by atoms with Crippen molar-refractivity contribution in [3.05, 3.63) is 98.7 Å². The number of anilines is 1. The fourth-order valence-electron chi connectivity index (χ4n) is 4.84. The number of benzene rings is 2. The molecule has 0 spiro atoms. The van der Waals surface area contributed by atoms with Gasteiger partial charge < -0.3 is 15.0 Å². The first kappa shape index (κ1) is 24.7. The molecule has 37 heavy (non-hydrogen) atoms. The Morgan fingerprint density at radius 2 is 1.70 bits per heavy atom. The minimum atomic E-state index is -0.958. The fourth-order valence-corrected chi connectivity index (χ4v) is 6.34. The van der Waals surface area contributed by atoms with Crippen LogP contribution in [0.25, 0.3) is 5.00 Å². The Balaban J connectivity index is 1.51. The lowest BCUT2D eigenvalue weighted by molar-refractivity contribution is 0.0696. The quantitative estimate of drug-likeness (QED) is 0.272. The third-order valence-corrected chi connectivity index (χ3v) is 8.11. The maximum absolute atomic E-state index is 13.7. The van der Waals surface area contributed by atoms with E-state index in [1.165, 1.54) is 10.4 Å². The molecule has 188 valence electrons. The molecule has 1 amide bonds. The van der Waals surface area contributed by atoms with Crippen molar-refractivity contribution in [1.29, 1.82) is 0 Å². The van der Waals surface area contributed by atoms with Crippen LogP contribution in [0.15, 0.2) is 59.6 Å². The van der Waals surface area contributed by atoms with Crippen LogP contribution in [0.3, 0.4) is 0 Å². The normalized spacial score (nSPS) is 13.1. The number of aliphatic imine (C=N–C) groups is 1. The second-order valence-corrected chi connectivity index (χ2v) is 10.6.